The second-order valence-electron chi connectivity index (χ2n) is 8.90. The molecule has 0 saturated carbocycles. The van der Waals surface area contributed by atoms with Gasteiger partial charge in [0.15, 0.2) is 11.0 Å². The van der Waals surface area contributed by atoms with Crippen molar-refractivity contribution in [2.24, 2.45) is 5.92 Å². The SMILES string of the molecule is CCn1c(SCC(=O)Nc2c(C)cc(I)cc2C)nnc1[C@H](NC(=O)c1cccc(C)c1)C(C)C. The van der Waals surface area contributed by atoms with Crippen LogP contribution in [-0.4, -0.2) is 32.3 Å². The minimum atomic E-state index is -0.310. The molecule has 0 aliphatic rings. The number of thioether (sulfide) groups is 1. The van der Waals surface area contributed by atoms with Crippen LogP contribution < -0.4 is 10.6 Å². The number of anilines is 1. The summed E-state index contributed by atoms with van der Waals surface area (Å²) in [6, 6.07) is 11.3. The van der Waals surface area contributed by atoms with Gasteiger partial charge >= 0.3 is 0 Å². The number of carbonyl (C=O) groups excluding carboxylic acids is 2. The summed E-state index contributed by atoms with van der Waals surface area (Å²) < 4.78 is 3.11. The smallest absolute Gasteiger partial charge is 0.251 e. The van der Waals surface area contributed by atoms with Crippen LogP contribution in [0.3, 0.4) is 0 Å². The van der Waals surface area contributed by atoms with Gasteiger partial charge in [-0.25, -0.2) is 0 Å². The van der Waals surface area contributed by atoms with Crippen molar-refractivity contribution in [2.45, 2.75) is 59.3 Å². The predicted octanol–water partition coefficient (Wildman–Crippen LogP) is 5.69. The monoisotopic (exact) mass is 605 g/mol. The Morgan fingerprint density at radius 2 is 1.77 bits per heavy atom. The number of halogens is 1. The van der Waals surface area contributed by atoms with Crippen LogP contribution in [0.2, 0.25) is 0 Å². The van der Waals surface area contributed by atoms with Gasteiger partial charge in [0.1, 0.15) is 0 Å². The fourth-order valence-corrected chi connectivity index (χ4v) is 5.63. The molecule has 0 aliphatic heterocycles. The van der Waals surface area contributed by atoms with E-state index in [2.05, 4.69) is 43.4 Å². The molecular weight excluding hydrogens is 573 g/mol. The van der Waals surface area contributed by atoms with Gasteiger partial charge < -0.3 is 15.2 Å². The van der Waals surface area contributed by atoms with E-state index in [1.165, 1.54) is 11.8 Å². The fraction of sp³-hybridized carbons (Fsp3) is 0.385. The van der Waals surface area contributed by atoms with Gasteiger partial charge in [-0.3, -0.25) is 9.59 Å². The Morgan fingerprint density at radius 3 is 2.37 bits per heavy atom. The van der Waals surface area contributed by atoms with E-state index in [1.807, 2.05) is 76.4 Å². The minimum absolute atomic E-state index is 0.0947. The van der Waals surface area contributed by atoms with Gasteiger partial charge in [0.2, 0.25) is 5.91 Å². The lowest BCUT2D eigenvalue weighted by atomic mass is 10.0. The molecule has 0 unspecified atom stereocenters. The number of carbonyl (C=O) groups is 2. The number of amides is 2. The summed E-state index contributed by atoms with van der Waals surface area (Å²) in [5, 5.41) is 15.6. The molecule has 1 atom stereocenters. The van der Waals surface area contributed by atoms with Crippen LogP contribution in [0.25, 0.3) is 0 Å². The van der Waals surface area contributed by atoms with Crippen molar-refractivity contribution >= 4 is 51.9 Å². The van der Waals surface area contributed by atoms with Gasteiger partial charge in [-0.05, 0) is 91.6 Å². The number of benzene rings is 2. The second kappa shape index (κ2) is 12.0. The zero-order valence-electron chi connectivity index (χ0n) is 21.0. The van der Waals surface area contributed by atoms with E-state index in [1.54, 1.807) is 6.07 Å². The summed E-state index contributed by atoms with van der Waals surface area (Å²) in [4.78, 5) is 25.6. The number of aromatic nitrogens is 3. The van der Waals surface area contributed by atoms with Crippen molar-refractivity contribution < 1.29 is 9.59 Å². The number of aryl methyl sites for hydroxylation is 3. The van der Waals surface area contributed by atoms with Crippen LogP contribution in [0.5, 0.6) is 0 Å². The first-order valence-electron chi connectivity index (χ1n) is 11.6. The van der Waals surface area contributed by atoms with Crippen molar-refractivity contribution in [3.63, 3.8) is 0 Å². The molecule has 186 valence electrons. The number of nitrogens with zero attached hydrogens (tertiary/aromatic N) is 3. The highest BCUT2D eigenvalue weighted by molar-refractivity contribution is 14.1. The minimum Gasteiger partial charge on any atom is -0.342 e. The first-order valence-corrected chi connectivity index (χ1v) is 13.7. The molecule has 0 bridgehead atoms. The van der Waals surface area contributed by atoms with E-state index < -0.39 is 0 Å². The lowest BCUT2D eigenvalue weighted by Crippen LogP contribution is -2.33. The quantitative estimate of drug-likeness (QED) is 0.242. The van der Waals surface area contributed by atoms with E-state index in [9.17, 15) is 9.59 Å². The molecule has 2 amide bonds. The van der Waals surface area contributed by atoms with Gasteiger partial charge in [0.05, 0.1) is 11.8 Å². The summed E-state index contributed by atoms with van der Waals surface area (Å²) in [6.45, 7) is 12.7. The number of hydrogen-bond donors (Lipinski definition) is 2. The maximum absolute atomic E-state index is 12.9. The van der Waals surface area contributed by atoms with Crippen LogP contribution in [0.15, 0.2) is 41.6 Å². The normalized spacial score (nSPS) is 12.0. The van der Waals surface area contributed by atoms with Crippen molar-refractivity contribution in [3.8, 4) is 0 Å². The Bertz CT molecular complexity index is 1200. The maximum atomic E-state index is 12.9. The average molecular weight is 606 g/mol. The molecule has 0 saturated heterocycles. The maximum Gasteiger partial charge on any atom is 0.251 e. The molecule has 9 heteroatoms. The fourth-order valence-electron chi connectivity index (χ4n) is 3.89. The van der Waals surface area contributed by atoms with Crippen molar-refractivity contribution in [1.29, 1.82) is 0 Å². The zero-order chi connectivity index (χ0) is 25.7. The first kappa shape index (κ1) is 27.2. The van der Waals surface area contributed by atoms with Crippen LogP contribution in [0, 0.1) is 30.3 Å². The third-order valence-electron chi connectivity index (χ3n) is 5.67. The largest absolute Gasteiger partial charge is 0.342 e. The Morgan fingerprint density at radius 1 is 1.09 bits per heavy atom. The molecule has 35 heavy (non-hydrogen) atoms. The van der Waals surface area contributed by atoms with E-state index in [4.69, 9.17) is 0 Å². The topological polar surface area (TPSA) is 88.9 Å². The van der Waals surface area contributed by atoms with Crippen LogP contribution in [-0.2, 0) is 11.3 Å². The van der Waals surface area contributed by atoms with Gasteiger partial charge in [-0.2, -0.15) is 0 Å². The Labute approximate surface area is 225 Å². The van der Waals surface area contributed by atoms with Gasteiger partial charge in [-0.15, -0.1) is 10.2 Å². The van der Waals surface area contributed by atoms with Crippen molar-refractivity contribution in [2.75, 3.05) is 11.1 Å². The van der Waals surface area contributed by atoms with Gasteiger partial charge in [-0.1, -0.05) is 43.3 Å². The Balaban J connectivity index is 1.73. The Kier molecular flexibility index (Phi) is 9.34. The molecule has 0 aliphatic carbocycles. The highest BCUT2D eigenvalue weighted by Crippen LogP contribution is 2.27. The summed E-state index contributed by atoms with van der Waals surface area (Å²) >= 11 is 3.62. The lowest BCUT2D eigenvalue weighted by molar-refractivity contribution is -0.113. The van der Waals surface area contributed by atoms with E-state index in [0.717, 1.165) is 25.9 Å². The molecule has 7 nitrogen and oxygen atoms in total. The molecule has 1 aromatic heterocycles. The van der Waals surface area contributed by atoms with Crippen LogP contribution >= 0.6 is 34.4 Å². The van der Waals surface area contributed by atoms with E-state index in [-0.39, 0.29) is 29.5 Å². The van der Waals surface area contributed by atoms with Crippen molar-refractivity contribution in [1.82, 2.24) is 20.1 Å². The Hall–Kier alpha value is -2.40. The number of hydrogen-bond acceptors (Lipinski definition) is 5. The number of rotatable bonds is 9. The molecule has 0 fully saturated rings. The van der Waals surface area contributed by atoms with Crippen LogP contribution in [0.4, 0.5) is 5.69 Å². The lowest BCUT2D eigenvalue weighted by Gasteiger charge is -2.22. The molecular formula is C26H32IN5O2S. The summed E-state index contributed by atoms with van der Waals surface area (Å²) in [5.41, 5.74) is 4.58. The third-order valence-corrected chi connectivity index (χ3v) is 7.26. The summed E-state index contributed by atoms with van der Waals surface area (Å²) in [7, 11) is 0. The number of nitrogens with one attached hydrogen (secondary N) is 2. The molecule has 0 radical (unpaired) electrons. The second-order valence-corrected chi connectivity index (χ2v) is 11.1. The van der Waals surface area contributed by atoms with Crippen LogP contribution in [0.1, 0.15) is 59.7 Å². The standard InChI is InChI=1S/C26H32IN5O2S/c1-7-32-24(22(15(2)3)29-25(34)19-10-8-9-16(4)11-19)30-31-26(32)35-14-21(33)28-23-17(5)12-20(27)13-18(23)6/h8-13,15,22H,7,14H2,1-6H3,(H,28,33)(H,29,34)/t22-/m1/s1. The first-order chi connectivity index (χ1) is 16.6. The zero-order valence-corrected chi connectivity index (χ0v) is 24.0. The van der Waals surface area contributed by atoms with Crippen molar-refractivity contribution in [3.05, 3.63) is 68.0 Å². The molecule has 2 aromatic carbocycles. The van der Waals surface area contributed by atoms with E-state index in [0.29, 0.717) is 23.1 Å². The molecule has 3 rings (SSSR count). The highest BCUT2D eigenvalue weighted by atomic mass is 127. The summed E-state index contributed by atoms with van der Waals surface area (Å²) in [5.74, 6) is 0.769. The van der Waals surface area contributed by atoms with Gasteiger partial charge in [0.25, 0.3) is 5.91 Å². The molecule has 1 heterocycles. The average Bonchev–Trinajstić information content (AvgIpc) is 3.20. The molecule has 0 spiro atoms. The molecule has 3 aromatic rings. The van der Waals surface area contributed by atoms with E-state index >= 15 is 0 Å². The molecule has 2 N–H and O–H groups in total. The highest BCUT2D eigenvalue weighted by Gasteiger charge is 2.26. The van der Waals surface area contributed by atoms with Gasteiger partial charge in [0, 0.05) is 21.4 Å². The summed E-state index contributed by atoms with van der Waals surface area (Å²) in [6.07, 6.45) is 0. The third kappa shape index (κ3) is 6.84. The predicted molar refractivity (Wildman–Crippen MR) is 150 cm³/mol.